The van der Waals surface area contributed by atoms with Crippen LogP contribution in [0.25, 0.3) is 11.0 Å². The molecule has 0 fully saturated rings. The fourth-order valence-electron chi connectivity index (χ4n) is 2.36. The predicted octanol–water partition coefficient (Wildman–Crippen LogP) is 2.62. The first-order valence-corrected chi connectivity index (χ1v) is 7.04. The molecule has 0 atom stereocenters. The zero-order valence-corrected chi connectivity index (χ0v) is 12.6. The molecule has 0 saturated heterocycles. The highest BCUT2D eigenvalue weighted by Crippen LogP contribution is 2.32. The maximum atomic E-state index is 12.2. The molecule has 24 heavy (non-hydrogen) atoms. The van der Waals surface area contributed by atoms with Gasteiger partial charge in [-0.15, -0.1) is 0 Å². The number of hydrazone groups is 1. The van der Waals surface area contributed by atoms with Crippen LogP contribution in [0.1, 0.15) is 21.7 Å². The molecule has 4 N–H and O–H groups in total. The minimum absolute atomic E-state index is 0.0287. The summed E-state index contributed by atoms with van der Waals surface area (Å²) < 4.78 is 5.45. The molecule has 122 valence electrons. The molecule has 1 heterocycles. The molecule has 3 rings (SSSR count). The lowest BCUT2D eigenvalue weighted by Crippen LogP contribution is -2.17. The monoisotopic (exact) mass is 326 g/mol. The highest BCUT2D eigenvalue weighted by Gasteiger charge is 2.19. The first-order chi connectivity index (χ1) is 11.5. The summed E-state index contributed by atoms with van der Waals surface area (Å²) in [5.74, 6) is -1.15. The van der Waals surface area contributed by atoms with Gasteiger partial charge in [0, 0.05) is 11.1 Å². The summed E-state index contributed by atoms with van der Waals surface area (Å²) in [6, 6.07) is 9.16. The van der Waals surface area contributed by atoms with Crippen LogP contribution in [0.4, 0.5) is 0 Å². The Labute approximate surface area is 136 Å². The van der Waals surface area contributed by atoms with Gasteiger partial charge < -0.3 is 19.7 Å². The number of para-hydroxylation sites is 1. The van der Waals surface area contributed by atoms with Gasteiger partial charge in [0.25, 0.3) is 0 Å². The van der Waals surface area contributed by atoms with Crippen molar-refractivity contribution in [1.29, 1.82) is 0 Å². The summed E-state index contributed by atoms with van der Waals surface area (Å²) in [5, 5.41) is 33.1. The molecule has 1 amide bonds. The van der Waals surface area contributed by atoms with E-state index in [0.29, 0.717) is 16.5 Å². The second-order valence-electron chi connectivity index (χ2n) is 5.12. The number of phenolic OH excluding ortho intramolecular Hbond substituents is 3. The highest BCUT2D eigenvalue weighted by molar-refractivity contribution is 6.01. The third-order valence-electron chi connectivity index (χ3n) is 3.55. The lowest BCUT2D eigenvalue weighted by atomic mass is 10.1. The summed E-state index contributed by atoms with van der Waals surface area (Å²) in [6.45, 7) is 1.66. The van der Waals surface area contributed by atoms with E-state index in [1.807, 2.05) is 0 Å². The minimum Gasteiger partial charge on any atom is -0.507 e. The number of carbonyl (C=O) groups is 1. The van der Waals surface area contributed by atoms with Crippen LogP contribution in [0.2, 0.25) is 0 Å². The molecule has 0 saturated carbocycles. The van der Waals surface area contributed by atoms with Crippen molar-refractivity contribution in [3.8, 4) is 17.2 Å². The van der Waals surface area contributed by atoms with Crippen LogP contribution in [0.15, 0.2) is 45.9 Å². The number of nitrogens with one attached hydrogen (secondary N) is 1. The second kappa shape index (κ2) is 5.96. The average Bonchev–Trinajstić information content (AvgIpc) is 2.90. The zero-order chi connectivity index (χ0) is 17.3. The number of amides is 1. The van der Waals surface area contributed by atoms with E-state index in [9.17, 15) is 20.1 Å². The van der Waals surface area contributed by atoms with Gasteiger partial charge in [-0.1, -0.05) is 12.1 Å². The average molecular weight is 326 g/mol. The zero-order valence-electron chi connectivity index (χ0n) is 12.6. The lowest BCUT2D eigenvalue weighted by molar-refractivity contribution is 0.0929. The number of hydrogen-bond acceptors (Lipinski definition) is 6. The van der Waals surface area contributed by atoms with E-state index >= 15 is 0 Å². The summed E-state index contributed by atoms with van der Waals surface area (Å²) in [4.78, 5) is 12.2. The number of carbonyl (C=O) groups excluding carboxylic acids is 1. The minimum atomic E-state index is -0.598. The molecule has 0 radical (unpaired) electrons. The summed E-state index contributed by atoms with van der Waals surface area (Å²) in [5.41, 5.74) is 3.41. The third kappa shape index (κ3) is 2.63. The van der Waals surface area contributed by atoms with Gasteiger partial charge in [-0.3, -0.25) is 4.79 Å². The Bertz CT molecular complexity index is 959. The molecule has 0 bridgehead atoms. The number of rotatable bonds is 3. The summed E-state index contributed by atoms with van der Waals surface area (Å²) in [6.07, 6.45) is 1.20. The van der Waals surface area contributed by atoms with Gasteiger partial charge >= 0.3 is 5.91 Å². The maximum Gasteiger partial charge on any atom is 0.307 e. The normalized spacial score (nSPS) is 11.2. The first-order valence-electron chi connectivity index (χ1n) is 7.04. The number of phenols is 3. The Morgan fingerprint density at radius 2 is 1.83 bits per heavy atom. The maximum absolute atomic E-state index is 12.2. The van der Waals surface area contributed by atoms with E-state index in [1.54, 1.807) is 19.1 Å². The molecule has 3 aromatic rings. The summed E-state index contributed by atoms with van der Waals surface area (Å²) >= 11 is 0. The number of aromatic hydroxyl groups is 3. The first kappa shape index (κ1) is 15.4. The van der Waals surface area contributed by atoms with Gasteiger partial charge in [-0.05, 0) is 31.2 Å². The van der Waals surface area contributed by atoms with Crippen molar-refractivity contribution in [3.63, 3.8) is 0 Å². The van der Waals surface area contributed by atoms with E-state index in [-0.39, 0.29) is 28.6 Å². The van der Waals surface area contributed by atoms with Crippen LogP contribution in [-0.2, 0) is 0 Å². The third-order valence-corrected chi connectivity index (χ3v) is 3.55. The molecule has 7 heteroatoms. The van der Waals surface area contributed by atoms with Crippen LogP contribution < -0.4 is 5.43 Å². The fourth-order valence-corrected chi connectivity index (χ4v) is 2.36. The lowest BCUT2D eigenvalue weighted by Gasteiger charge is -2.01. The van der Waals surface area contributed by atoms with Gasteiger partial charge in [0.2, 0.25) is 0 Å². The molecule has 1 aromatic heterocycles. The Kier molecular flexibility index (Phi) is 3.83. The van der Waals surface area contributed by atoms with E-state index in [0.717, 1.165) is 0 Å². The molecule has 0 spiro atoms. The highest BCUT2D eigenvalue weighted by atomic mass is 16.3. The van der Waals surface area contributed by atoms with Crippen molar-refractivity contribution in [2.45, 2.75) is 6.92 Å². The number of fused-ring (bicyclic) bond motifs is 1. The summed E-state index contributed by atoms with van der Waals surface area (Å²) in [7, 11) is 0. The van der Waals surface area contributed by atoms with Crippen LogP contribution in [0, 0.1) is 6.92 Å². The van der Waals surface area contributed by atoms with Crippen molar-refractivity contribution in [3.05, 3.63) is 53.3 Å². The fraction of sp³-hybridized carbons (Fsp3) is 0.0588. The van der Waals surface area contributed by atoms with Crippen molar-refractivity contribution < 1.29 is 24.5 Å². The molecule has 0 unspecified atom stereocenters. The predicted molar refractivity (Wildman–Crippen MR) is 87.4 cm³/mol. The molecule has 7 nitrogen and oxygen atoms in total. The number of aryl methyl sites for hydroxylation is 1. The van der Waals surface area contributed by atoms with Gasteiger partial charge in [0.15, 0.2) is 17.3 Å². The van der Waals surface area contributed by atoms with E-state index in [1.165, 1.54) is 30.5 Å². The number of benzene rings is 2. The van der Waals surface area contributed by atoms with Gasteiger partial charge in [0.05, 0.1) is 11.6 Å². The van der Waals surface area contributed by atoms with E-state index in [2.05, 4.69) is 10.5 Å². The quantitative estimate of drug-likeness (QED) is 0.335. The van der Waals surface area contributed by atoms with Crippen LogP contribution in [-0.4, -0.2) is 27.4 Å². The topological polar surface area (TPSA) is 115 Å². The number of hydrogen-bond donors (Lipinski definition) is 4. The Morgan fingerprint density at radius 1 is 1.12 bits per heavy atom. The Balaban J connectivity index is 1.83. The molecule has 0 aliphatic heterocycles. The standard InChI is InChI=1S/C17H14N2O5/c1-9-14-11(20)5-3-7-13(14)24-16(9)17(23)19-18-8-10-4-2-6-12(21)15(10)22/h2-8,20-22H,1H3,(H,19,23)/b18-8-. The van der Waals surface area contributed by atoms with Gasteiger partial charge in [-0.25, -0.2) is 5.43 Å². The van der Waals surface area contributed by atoms with Crippen LogP contribution >= 0.6 is 0 Å². The molecule has 2 aromatic carbocycles. The van der Waals surface area contributed by atoms with Crippen molar-refractivity contribution in [1.82, 2.24) is 5.43 Å². The van der Waals surface area contributed by atoms with Crippen molar-refractivity contribution >= 4 is 23.1 Å². The Morgan fingerprint density at radius 3 is 2.58 bits per heavy atom. The number of furan rings is 1. The van der Waals surface area contributed by atoms with Crippen molar-refractivity contribution in [2.75, 3.05) is 0 Å². The molecular formula is C17H14N2O5. The second-order valence-corrected chi connectivity index (χ2v) is 5.12. The van der Waals surface area contributed by atoms with E-state index < -0.39 is 5.91 Å². The molecule has 0 aliphatic rings. The van der Waals surface area contributed by atoms with Crippen molar-refractivity contribution in [2.24, 2.45) is 5.10 Å². The molecular weight excluding hydrogens is 312 g/mol. The number of nitrogens with zero attached hydrogens (tertiary/aromatic N) is 1. The smallest absolute Gasteiger partial charge is 0.307 e. The van der Waals surface area contributed by atoms with E-state index in [4.69, 9.17) is 4.42 Å². The van der Waals surface area contributed by atoms with Gasteiger partial charge in [-0.2, -0.15) is 5.10 Å². The largest absolute Gasteiger partial charge is 0.507 e. The van der Waals surface area contributed by atoms with Crippen LogP contribution in [0.5, 0.6) is 17.2 Å². The van der Waals surface area contributed by atoms with Gasteiger partial charge in [0.1, 0.15) is 11.3 Å². The van der Waals surface area contributed by atoms with Crippen LogP contribution in [0.3, 0.4) is 0 Å². The molecule has 0 aliphatic carbocycles. The Hall–Kier alpha value is -3.48. The SMILES string of the molecule is Cc1c(C(=O)N/N=C\c2cccc(O)c2O)oc2cccc(O)c12.